The zero-order chi connectivity index (χ0) is 25.8. The number of anilines is 1. The fourth-order valence-electron chi connectivity index (χ4n) is 4.07. The molecule has 0 aromatic heterocycles. The number of unbranched alkanes of at least 4 members (excludes halogenated alkanes) is 4. The Balaban J connectivity index is 2.43. The number of carbonyl (C=O) groups excluding carboxylic acids is 3. The molecular formula is C29H40N2O4. The second-order valence-corrected chi connectivity index (χ2v) is 8.99. The van der Waals surface area contributed by atoms with Gasteiger partial charge < -0.3 is 15.0 Å². The first-order valence-corrected chi connectivity index (χ1v) is 12.7. The van der Waals surface area contributed by atoms with E-state index in [0.29, 0.717) is 35.2 Å². The van der Waals surface area contributed by atoms with Gasteiger partial charge in [0.1, 0.15) is 6.61 Å². The van der Waals surface area contributed by atoms with Gasteiger partial charge in [0.05, 0.1) is 6.54 Å². The summed E-state index contributed by atoms with van der Waals surface area (Å²) in [5, 5.41) is 4.54. The fourth-order valence-corrected chi connectivity index (χ4v) is 4.07. The molecule has 6 heteroatoms. The predicted molar refractivity (Wildman–Crippen MR) is 143 cm³/mol. The molecule has 0 fully saturated rings. The van der Waals surface area contributed by atoms with Gasteiger partial charge in [0.2, 0.25) is 0 Å². The summed E-state index contributed by atoms with van der Waals surface area (Å²) in [5.74, 6) is -0.655. The molecule has 0 aliphatic heterocycles. The number of Topliss-reactive ketones (excluding diaryl/α,β-unsaturated/α-hetero) is 1. The van der Waals surface area contributed by atoms with E-state index >= 15 is 0 Å². The second kappa shape index (κ2) is 14.3. The van der Waals surface area contributed by atoms with Crippen LogP contribution >= 0.6 is 0 Å². The maximum absolute atomic E-state index is 13.1. The summed E-state index contributed by atoms with van der Waals surface area (Å²) < 4.78 is 5.35. The Morgan fingerprint density at radius 3 is 2.31 bits per heavy atom. The van der Waals surface area contributed by atoms with Crippen molar-refractivity contribution in [3.8, 4) is 0 Å². The number of fused-ring (bicyclic) bond motifs is 1. The number of ketones is 1. The lowest BCUT2D eigenvalue weighted by atomic mass is 9.95. The van der Waals surface area contributed by atoms with Gasteiger partial charge in [0.15, 0.2) is 5.78 Å². The van der Waals surface area contributed by atoms with Crippen molar-refractivity contribution in [1.82, 2.24) is 5.32 Å². The van der Waals surface area contributed by atoms with Gasteiger partial charge in [-0.15, -0.1) is 0 Å². The van der Waals surface area contributed by atoms with E-state index in [9.17, 15) is 14.4 Å². The van der Waals surface area contributed by atoms with Gasteiger partial charge >= 0.3 is 5.97 Å². The fraction of sp³-hybridized carbons (Fsp3) is 0.483. The smallest absolute Gasteiger partial charge is 0.333 e. The van der Waals surface area contributed by atoms with Gasteiger partial charge in [-0.1, -0.05) is 64.3 Å². The number of esters is 1. The van der Waals surface area contributed by atoms with E-state index in [2.05, 4.69) is 30.6 Å². The van der Waals surface area contributed by atoms with Crippen LogP contribution in [0.5, 0.6) is 0 Å². The summed E-state index contributed by atoms with van der Waals surface area (Å²) in [4.78, 5) is 39.7. The van der Waals surface area contributed by atoms with Crippen LogP contribution in [0.3, 0.4) is 0 Å². The Morgan fingerprint density at radius 1 is 0.914 bits per heavy atom. The van der Waals surface area contributed by atoms with Gasteiger partial charge in [-0.05, 0) is 38.8 Å². The number of nitrogens with one attached hydrogen (secondary N) is 1. The number of nitrogens with zero attached hydrogens (tertiary/aromatic N) is 1. The van der Waals surface area contributed by atoms with Crippen LogP contribution in [0.4, 0.5) is 5.69 Å². The third-order valence-corrected chi connectivity index (χ3v) is 6.02. The molecule has 0 atom stereocenters. The minimum absolute atomic E-state index is 0.0831. The number of benzene rings is 2. The molecule has 2 rings (SSSR count). The molecule has 0 unspecified atom stereocenters. The lowest BCUT2D eigenvalue weighted by molar-refractivity contribution is -0.138. The maximum Gasteiger partial charge on any atom is 0.333 e. The summed E-state index contributed by atoms with van der Waals surface area (Å²) in [6, 6.07) is 9.33. The SMILES string of the molecule is C=C(C)C(=O)OCCN(CCCC)c1ccc(C(=O)NCCCCCC)c2c(C(C)=O)cccc12. The van der Waals surface area contributed by atoms with Crippen molar-refractivity contribution < 1.29 is 19.1 Å². The molecule has 0 aliphatic rings. The first-order valence-electron chi connectivity index (χ1n) is 12.7. The number of rotatable bonds is 15. The molecule has 0 spiro atoms. The summed E-state index contributed by atoms with van der Waals surface area (Å²) in [5.41, 5.74) is 2.33. The molecule has 1 N–H and O–H groups in total. The summed E-state index contributed by atoms with van der Waals surface area (Å²) in [6.07, 6.45) is 6.28. The molecule has 1 amide bonds. The molecule has 0 saturated carbocycles. The van der Waals surface area contributed by atoms with Gasteiger partial charge in [-0.2, -0.15) is 0 Å². The van der Waals surface area contributed by atoms with Crippen molar-refractivity contribution in [3.05, 3.63) is 53.6 Å². The topological polar surface area (TPSA) is 75.7 Å². The summed E-state index contributed by atoms with van der Waals surface area (Å²) >= 11 is 0. The van der Waals surface area contributed by atoms with Crippen LogP contribution in [0.25, 0.3) is 10.8 Å². The highest BCUT2D eigenvalue weighted by Crippen LogP contribution is 2.33. The minimum Gasteiger partial charge on any atom is -0.460 e. The summed E-state index contributed by atoms with van der Waals surface area (Å²) in [6.45, 7) is 13.2. The zero-order valence-corrected chi connectivity index (χ0v) is 21.7. The van der Waals surface area contributed by atoms with Crippen molar-refractivity contribution >= 4 is 34.1 Å². The van der Waals surface area contributed by atoms with Crippen molar-refractivity contribution in [1.29, 1.82) is 0 Å². The number of hydrogen-bond donors (Lipinski definition) is 1. The lowest BCUT2D eigenvalue weighted by Crippen LogP contribution is -2.30. The highest BCUT2D eigenvalue weighted by molar-refractivity contribution is 6.18. The standard InChI is InChI=1S/C29H40N2O4/c1-6-8-10-11-17-30-28(33)25-15-16-26(24-14-12-13-23(22(5)32)27(24)25)31(18-9-7-2)19-20-35-29(34)21(3)4/h12-16H,3,6-11,17-20H2,1-2,4-5H3,(H,30,33). The number of carbonyl (C=O) groups is 3. The molecule has 0 heterocycles. The highest BCUT2D eigenvalue weighted by atomic mass is 16.5. The van der Waals surface area contributed by atoms with E-state index in [-0.39, 0.29) is 18.3 Å². The van der Waals surface area contributed by atoms with Crippen molar-refractivity contribution in [2.24, 2.45) is 0 Å². The second-order valence-electron chi connectivity index (χ2n) is 8.99. The Labute approximate surface area is 209 Å². The minimum atomic E-state index is -0.407. The van der Waals surface area contributed by atoms with E-state index in [1.807, 2.05) is 24.3 Å². The molecule has 190 valence electrons. The largest absolute Gasteiger partial charge is 0.460 e. The van der Waals surface area contributed by atoms with E-state index in [0.717, 1.165) is 56.1 Å². The van der Waals surface area contributed by atoms with Crippen LogP contribution in [0, 0.1) is 0 Å². The van der Waals surface area contributed by atoms with Crippen LogP contribution in [-0.2, 0) is 9.53 Å². The molecule has 6 nitrogen and oxygen atoms in total. The highest BCUT2D eigenvalue weighted by Gasteiger charge is 2.20. The Hall–Kier alpha value is -3.15. The van der Waals surface area contributed by atoms with Crippen molar-refractivity contribution in [2.75, 3.05) is 31.1 Å². The number of ether oxygens (including phenoxy) is 1. The number of amides is 1. The van der Waals surface area contributed by atoms with Crippen molar-refractivity contribution in [2.45, 2.75) is 66.2 Å². The van der Waals surface area contributed by atoms with Crippen LogP contribution in [0.1, 0.15) is 86.9 Å². The van der Waals surface area contributed by atoms with Crippen LogP contribution in [-0.4, -0.2) is 43.9 Å². The molecule has 35 heavy (non-hydrogen) atoms. The molecular weight excluding hydrogens is 440 g/mol. The molecule has 2 aromatic carbocycles. The zero-order valence-electron chi connectivity index (χ0n) is 21.7. The Morgan fingerprint density at radius 2 is 1.66 bits per heavy atom. The lowest BCUT2D eigenvalue weighted by Gasteiger charge is -2.27. The van der Waals surface area contributed by atoms with Gasteiger partial charge in [0, 0.05) is 46.2 Å². The van der Waals surface area contributed by atoms with Crippen molar-refractivity contribution in [3.63, 3.8) is 0 Å². The first-order chi connectivity index (χ1) is 16.8. The third-order valence-electron chi connectivity index (χ3n) is 6.02. The van der Waals surface area contributed by atoms with E-state index in [1.165, 1.54) is 6.92 Å². The molecule has 0 bridgehead atoms. The van der Waals surface area contributed by atoms with E-state index < -0.39 is 5.97 Å². The van der Waals surface area contributed by atoms with E-state index in [4.69, 9.17) is 4.74 Å². The molecule has 0 saturated heterocycles. The molecule has 2 aromatic rings. The quantitative estimate of drug-likeness (QED) is 0.145. The average Bonchev–Trinajstić information content (AvgIpc) is 2.84. The van der Waals surface area contributed by atoms with Crippen LogP contribution in [0.15, 0.2) is 42.5 Å². The van der Waals surface area contributed by atoms with Gasteiger partial charge in [0.25, 0.3) is 5.91 Å². The first kappa shape index (κ1) is 28.1. The average molecular weight is 481 g/mol. The van der Waals surface area contributed by atoms with E-state index in [1.54, 1.807) is 13.0 Å². The van der Waals surface area contributed by atoms with Gasteiger partial charge in [-0.25, -0.2) is 4.79 Å². The van der Waals surface area contributed by atoms with Crippen LogP contribution in [0.2, 0.25) is 0 Å². The molecule has 0 radical (unpaired) electrons. The summed E-state index contributed by atoms with van der Waals surface area (Å²) in [7, 11) is 0. The predicted octanol–water partition coefficient (Wildman–Crippen LogP) is 6.08. The Kier molecular flexibility index (Phi) is 11.5. The normalized spacial score (nSPS) is 10.7. The molecule has 0 aliphatic carbocycles. The monoisotopic (exact) mass is 480 g/mol. The third kappa shape index (κ3) is 7.94. The maximum atomic E-state index is 13.1. The van der Waals surface area contributed by atoms with Gasteiger partial charge in [-0.3, -0.25) is 9.59 Å². The Bertz CT molecular complexity index is 1040. The van der Waals surface area contributed by atoms with Crippen LogP contribution < -0.4 is 10.2 Å². The number of hydrogen-bond acceptors (Lipinski definition) is 5.